The van der Waals surface area contributed by atoms with Gasteiger partial charge in [-0.1, -0.05) is 13.3 Å². The third-order valence-electron chi connectivity index (χ3n) is 1.95. The highest BCUT2D eigenvalue weighted by molar-refractivity contribution is 7.10. The molecule has 0 aliphatic rings. The highest BCUT2D eigenvalue weighted by Crippen LogP contribution is 2.20. The molecule has 0 aliphatic carbocycles. The molecule has 0 amide bonds. The minimum atomic E-state index is -0.452. The molecule has 0 aliphatic heterocycles. The molecule has 0 spiro atoms. The van der Waals surface area contributed by atoms with E-state index in [1.54, 1.807) is 11.3 Å². The van der Waals surface area contributed by atoms with Crippen LogP contribution in [0.3, 0.4) is 0 Å². The third-order valence-corrected chi connectivity index (χ3v) is 2.96. The van der Waals surface area contributed by atoms with E-state index in [1.165, 1.54) is 17.7 Å². The highest BCUT2D eigenvalue weighted by Gasteiger charge is 2.06. The van der Waals surface area contributed by atoms with Crippen molar-refractivity contribution < 1.29 is 0 Å². The number of nitrogens with two attached hydrogens (primary N) is 1. The number of hydrogen-bond acceptors (Lipinski definition) is 3. The van der Waals surface area contributed by atoms with Crippen LogP contribution in [-0.2, 0) is 6.42 Å². The van der Waals surface area contributed by atoms with Gasteiger partial charge in [0.25, 0.3) is 0 Å². The summed E-state index contributed by atoms with van der Waals surface area (Å²) in [5.74, 6) is 0. The van der Waals surface area contributed by atoms with Crippen LogP contribution < -0.4 is 5.73 Å². The summed E-state index contributed by atoms with van der Waals surface area (Å²) in [5, 5.41) is 10.6. The fourth-order valence-corrected chi connectivity index (χ4v) is 2.09. The van der Waals surface area contributed by atoms with Crippen molar-refractivity contribution >= 4 is 11.3 Å². The lowest BCUT2D eigenvalue weighted by molar-refractivity contribution is 0.802. The van der Waals surface area contributed by atoms with Gasteiger partial charge in [0.1, 0.15) is 6.04 Å². The van der Waals surface area contributed by atoms with Gasteiger partial charge in [-0.15, -0.1) is 11.3 Å². The predicted molar refractivity (Wildman–Crippen MR) is 55.5 cm³/mol. The summed E-state index contributed by atoms with van der Waals surface area (Å²) in [6, 6.07) is 3.63. The molecular formula is C10H14N2S. The Bertz CT molecular complexity index is 298. The van der Waals surface area contributed by atoms with E-state index in [9.17, 15) is 0 Å². The van der Waals surface area contributed by atoms with E-state index in [4.69, 9.17) is 11.0 Å². The summed E-state index contributed by atoms with van der Waals surface area (Å²) >= 11 is 1.70. The Morgan fingerprint density at radius 1 is 1.69 bits per heavy atom. The minimum Gasteiger partial charge on any atom is -0.312 e. The molecular weight excluding hydrogens is 180 g/mol. The molecule has 3 heteroatoms. The predicted octanol–water partition coefficient (Wildman–Crippen LogP) is 2.61. The van der Waals surface area contributed by atoms with Crippen molar-refractivity contribution in [2.24, 2.45) is 5.73 Å². The van der Waals surface area contributed by atoms with Gasteiger partial charge >= 0.3 is 0 Å². The topological polar surface area (TPSA) is 49.8 Å². The highest BCUT2D eigenvalue weighted by atomic mass is 32.1. The average Bonchev–Trinajstić information content (AvgIpc) is 2.62. The van der Waals surface area contributed by atoms with Gasteiger partial charge in [0.15, 0.2) is 0 Å². The van der Waals surface area contributed by atoms with Gasteiger partial charge in [-0.25, -0.2) is 0 Å². The number of hydrogen-bond donors (Lipinski definition) is 1. The number of nitrogens with zero attached hydrogens (tertiary/aromatic N) is 1. The lowest BCUT2D eigenvalue weighted by Gasteiger charge is -1.96. The number of rotatable bonds is 4. The first-order chi connectivity index (χ1) is 6.27. The molecule has 0 saturated carbocycles. The van der Waals surface area contributed by atoms with Crippen molar-refractivity contribution in [1.82, 2.24) is 0 Å². The first kappa shape index (κ1) is 10.2. The quantitative estimate of drug-likeness (QED) is 0.801. The second-order valence-corrected chi connectivity index (χ2v) is 4.05. The third kappa shape index (κ3) is 2.83. The fourth-order valence-electron chi connectivity index (χ4n) is 1.12. The van der Waals surface area contributed by atoms with Crippen molar-refractivity contribution in [3.05, 3.63) is 21.9 Å². The van der Waals surface area contributed by atoms with Crippen molar-refractivity contribution in [2.45, 2.75) is 32.2 Å². The van der Waals surface area contributed by atoms with E-state index >= 15 is 0 Å². The fraction of sp³-hybridized carbons (Fsp3) is 0.500. The van der Waals surface area contributed by atoms with Crippen molar-refractivity contribution in [3.63, 3.8) is 0 Å². The Labute approximate surface area is 83.0 Å². The van der Waals surface area contributed by atoms with Gasteiger partial charge in [-0.3, -0.25) is 0 Å². The molecule has 0 aromatic carbocycles. The minimum absolute atomic E-state index is 0.452. The van der Waals surface area contributed by atoms with Gasteiger partial charge in [0.05, 0.1) is 6.07 Å². The zero-order valence-corrected chi connectivity index (χ0v) is 8.60. The molecule has 13 heavy (non-hydrogen) atoms. The summed E-state index contributed by atoms with van der Waals surface area (Å²) < 4.78 is 0. The van der Waals surface area contributed by atoms with E-state index in [1.807, 2.05) is 17.5 Å². The van der Waals surface area contributed by atoms with Crippen LogP contribution in [-0.4, -0.2) is 0 Å². The van der Waals surface area contributed by atoms with E-state index in [2.05, 4.69) is 6.92 Å². The van der Waals surface area contributed by atoms with Gasteiger partial charge in [0.2, 0.25) is 0 Å². The number of nitriles is 1. The zero-order chi connectivity index (χ0) is 9.68. The summed E-state index contributed by atoms with van der Waals surface area (Å²) in [5.41, 5.74) is 6.54. The van der Waals surface area contributed by atoms with Crippen molar-refractivity contribution in [3.8, 4) is 6.07 Å². The Morgan fingerprint density at radius 2 is 2.46 bits per heavy atom. The molecule has 2 nitrogen and oxygen atoms in total. The second-order valence-electron chi connectivity index (χ2n) is 3.06. The van der Waals surface area contributed by atoms with Crippen LogP contribution in [0, 0.1) is 11.3 Å². The molecule has 1 aromatic heterocycles. The molecule has 0 radical (unpaired) electrons. The number of aryl methyl sites for hydroxylation is 1. The van der Waals surface area contributed by atoms with Gasteiger partial charge in [-0.05, 0) is 29.9 Å². The largest absolute Gasteiger partial charge is 0.312 e. The molecule has 0 saturated heterocycles. The maximum Gasteiger partial charge on any atom is 0.119 e. The number of unbranched alkanes of at least 4 members (excludes halogenated alkanes) is 1. The van der Waals surface area contributed by atoms with Crippen LogP contribution >= 0.6 is 11.3 Å². The second kappa shape index (κ2) is 5.00. The Morgan fingerprint density at radius 3 is 3.08 bits per heavy atom. The Kier molecular flexibility index (Phi) is 3.94. The van der Waals surface area contributed by atoms with E-state index in [0.717, 1.165) is 12.0 Å². The summed E-state index contributed by atoms with van der Waals surface area (Å²) in [7, 11) is 0. The van der Waals surface area contributed by atoms with Crippen molar-refractivity contribution in [1.29, 1.82) is 5.26 Å². The van der Waals surface area contributed by atoms with Crippen LogP contribution in [0.25, 0.3) is 0 Å². The van der Waals surface area contributed by atoms with E-state index in [-0.39, 0.29) is 0 Å². The Balaban J connectivity index is 2.59. The summed E-state index contributed by atoms with van der Waals surface area (Å²) in [6.07, 6.45) is 3.53. The molecule has 1 heterocycles. The van der Waals surface area contributed by atoms with Crippen molar-refractivity contribution in [2.75, 3.05) is 0 Å². The smallest absolute Gasteiger partial charge is 0.119 e. The number of thiophene rings is 1. The first-order valence-corrected chi connectivity index (χ1v) is 5.38. The lowest BCUT2D eigenvalue weighted by Crippen LogP contribution is -2.05. The molecule has 1 aromatic rings. The monoisotopic (exact) mass is 194 g/mol. The van der Waals surface area contributed by atoms with E-state index in [0.29, 0.717) is 0 Å². The van der Waals surface area contributed by atoms with Crippen LogP contribution in [0.5, 0.6) is 0 Å². The average molecular weight is 194 g/mol. The molecule has 0 fully saturated rings. The summed E-state index contributed by atoms with van der Waals surface area (Å²) in [4.78, 5) is 1.34. The van der Waals surface area contributed by atoms with Crippen LogP contribution in [0.2, 0.25) is 0 Å². The Hall–Kier alpha value is -0.850. The molecule has 0 bridgehead atoms. The van der Waals surface area contributed by atoms with Gasteiger partial charge < -0.3 is 5.73 Å². The normalized spacial score (nSPS) is 12.4. The van der Waals surface area contributed by atoms with Crippen LogP contribution in [0.4, 0.5) is 0 Å². The molecule has 1 atom stereocenters. The first-order valence-electron chi connectivity index (χ1n) is 4.50. The summed E-state index contributed by atoms with van der Waals surface area (Å²) in [6.45, 7) is 2.18. The SMILES string of the molecule is CCCCc1cc(C(N)C#N)cs1. The standard InChI is InChI=1S/C10H14N2S/c1-2-3-4-9-5-8(7-13-9)10(12)6-11/h5,7,10H,2-4,12H2,1H3. The van der Waals surface area contributed by atoms with E-state index < -0.39 is 6.04 Å². The maximum atomic E-state index is 8.60. The van der Waals surface area contributed by atoms with Crippen LogP contribution in [0.1, 0.15) is 36.2 Å². The molecule has 2 N–H and O–H groups in total. The maximum absolute atomic E-state index is 8.60. The lowest BCUT2D eigenvalue weighted by atomic mass is 10.1. The zero-order valence-electron chi connectivity index (χ0n) is 7.79. The molecule has 70 valence electrons. The van der Waals surface area contributed by atoms with Gasteiger partial charge in [0, 0.05) is 4.88 Å². The molecule has 1 rings (SSSR count). The molecule has 1 unspecified atom stereocenters. The van der Waals surface area contributed by atoms with Gasteiger partial charge in [-0.2, -0.15) is 5.26 Å². The van der Waals surface area contributed by atoms with Crippen LogP contribution in [0.15, 0.2) is 11.4 Å².